The van der Waals surface area contributed by atoms with Gasteiger partial charge in [0.05, 0.1) is 24.6 Å². The van der Waals surface area contributed by atoms with Crippen molar-refractivity contribution in [3.8, 4) is 23.3 Å². The second-order valence-electron chi connectivity index (χ2n) is 6.10. The number of amides is 1. The first kappa shape index (κ1) is 19.0. The standard InChI is InChI=1S/C21H20N4O3/c1-14-15(2)25(16-5-4-10-23-12-16)21(19(14)11-22)24-20(26)13-28-18-8-6-17(27-3)7-9-18/h4-10,12H,13H2,1-3H3,(H,24,26). The number of nitrogens with one attached hydrogen (secondary N) is 1. The summed E-state index contributed by atoms with van der Waals surface area (Å²) < 4.78 is 12.4. The zero-order valence-corrected chi connectivity index (χ0v) is 15.9. The van der Waals surface area contributed by atoms with Crippen molar-refractivity contribution in [3.63, 3.8) is 0 Å². The smallest absolute Gasteiger partial charge is 0.263 e. The molecule has 0 spiro atoms. The van der Waals surface area contributed by atoms with Crippen molar-refractivity contribution in [1.82, 2.24) is 9.55 Å². The van der Waals surface area contributed by atoms with E-state index in [1.807, 2.05) is 24.5 Å². The molecule has 2 aromatic heterocycles. The molecule has 3 rings (SSSR count). The summed E-state index contributed by atoms with van der Waals surface area (Å²) in [6.07, 6.45) is 3.35. The summed E-state index contributed by atoms with van der Waals surface area (Å²) in [5.41, 5.74) is 2.84. The third-order valence-corrected chi connectivity index (χ3v) is 4.42. The van der Waals surface area contributed by atoms with E-state index < -0.39 is 0 Å². The zero-order valence-electron chi connectivity index (χ0n) is 15.9. The number of aromatic nitrogens is 2. The van der Waals surface area contributed by atoms with Crippen molar-refractivity contribution in [2.75, 3.05) is 19.0 Å². The summed E-state index contributed by atoms with van der Waals surface area (Å²) in [5.74, 6) is 1.30. The molecule has 142 valence electrons. The fourth-order valence-electron chi connectivity index (χ4n) is 2.86. The van der Waals surface area contributed by atoms with Gasteiger partial charge in [-0.2, -0.15) is 5.26 Å². The number of hydrogen-bond donors (Lipinski definition) is 1. The molecule has 0 radical (unpaired) electrons. The van der Waals surface area contributed by atoms with Crippen molar-refractivity contribution >= 4 is 11.7 Å². The summed E-state index contributed by atoms with van der Waals surface area (Å²) in [6, 6.07) is 12.8. The molecule has 0 atom stereocenters. The minimum atomic E-state index is -0.366. The van der Waals surface area contributed by atoms with Crippen LogP contribution in [0.25, 0.3) is 5.69 Å². The van der Waals surface area contributed by atoms with E-state index in [9.17, 15) is 10.1 Å². The number of carbonyl (C=O) groups is 1. The van der Waals surface area contributed by atoms with Crippen LogP contribution in [0.15, 0.2) is 48.8 Å². The van der Waals surface area contributed by atoms with E-state index >= 15 is 0 Å². The number of anilines is 1. The highest BCUT2D eigenvalue weighted by Crippen LogP contribution is 2.29. The van der Waals surface area contributed by atoms with Gasteiger partial charge in [-0.1, -0.05) is 0 Å². The maximum atomic E-state index is 12.5. The lowest BCUT2D eigenvalue weighted by Crippen LogP contribution is -2.22. The Kier molecular flexibility index (Phi) is 5.61. The first-order valence-corrected chi connectivity index (χ1v) is 8.64. The fourth-order valence-corrected chi connectivity index (χ4v) is 2.86. The molecule has 0 bridgehead atoms. The fraction of sp³-hybridized carbons (Fsp3) is 0.190. The van der Waals surface area contributed by atoms with Gasteiger partial charge in [0.25, 0.3) is 5.91 Å². The van der Waals surface area contributed by atoms with Crippen LogP contribution >= 0.6 is 0 Å². The van der Waals surface area contributed by atoms with Crippen LogP contribution in [0.5, 0.6) is 11.5 Å². The molecule has 0 fully saturated rings. The normalized spacial score (nSPS) is 10.2. The summed E-state index contributed by atoms with van der Waals surface area (Å²) in [4.78, 5) is 16.6. The number of nitriles is 1. The first-order chi connectivity index (χ1) is 13.5. The molecule has 3 aromatic rings. The number of hydrogen-bond acceptors (Lipinski definition) is 5. The molecule has 1 amide bonds. The van der Waals surface area contributed by atoms with Gasteiger partial charge in [0, 0.05) is 11.9 Å². The number of pyridine rings is 1. The van der Waals surface area contributed by atoms with Crippen molar-refractivity contribution in [2.45, 2.75) is 13.8 Å². The van der Waals surface area contributed by atoms with E-state index in [0.717, 1.165) is 16.9 Å². The highest BCUT2D eigenvalue weighted by molar-refractivity contribution is 5.93. The van der Waals surface area contributed by atoms with Crippen LogP contribution in [-0.2, 0) is 4.79 Å². The number of benzene rings is 1. The van der Waals surface area contributed by atoms with Crippen LogP contribution in [0.3, 0.4) is 0 Å². The highest BCUT2D eigenvalue weighted by Gasteiger charge is 2.21. The van der Waals surface area contributed by atoms with Crippen molar-refractivity contribution < 1.29 is 14.3 Å². The van der Waals surface area contributed by atoms with Gasteiger partial charge in [-0.3, -0.25) is 14.3 Å². The van der Waals surface area contributed by atoms with Crippen molar-refractivity contribution in [2.24, 2.45) is 0 Å². The molecule has 0 aliphatic rings. The Morgan fingerprint density at radius 3 is 2.54 bits per heavy atom. The third kappa shape index (κ3) is 3.81. The molecule has 0 saturated heterocycles. The van der Waals surface area contributed by atoms with Crippen LogP contribution in [0.2, 0.25) is 0 Å². The van der Waals surface area contributed by atoms with E-state index in [1.165, 1.54) is 0 Å². The lowest BCUT2D eigenvalue weighted by atomic mass is 10.2. The van der Waals surface area contributed by atoms with Gasteiger partial charge in [-0.15, -0.1) is 0 Å². The second kappa shape index (κ2) is 8.27. The van der Waals surface area contributed by atoms with E-state index in [4.69, 9.17) is 9.47 Å². The summed E-state index contributed by atoms with van der Waals surface area (Å²) >= 11 is 0. The Bertz CT molecular complexity index is 1020. The molecule has 28 heavy (non-hydrogen) atoms. The van der Waals surface area contributed by atoms with Gasteiger partial charge in [-0.25, -0.2) is 0 Å². The van der Waals surface area contributed by atoms with Gasteiger partial charge >= 0.3 is 0 Å². The molecular weight excluding hydrogens is 356 g/mol. The average molecular weight is 376 g/mol. The van der Waals surface area contributed by atoms with E-state index in [2.05, 4.69) is 16.4 Å². The summed E-state index contributed by atoms with van der Waals surface area (Å²) in [5, 5.41) is 12.4. The molecular formula is C21H20N4O3. The number of nitrogens with zero attached hydrogens (tertiary/aromatic N) is 3. The summed E-state index contributed by atoms with van der Waals surface area (Å²) in [7, 11) is 1.58. The minimum Gasteiger partial charge on any atom is -0.497 e. The van der Waals surface area contributed by atoms with Gasteiger partial charge in [0.2, 0.25) is 0 Å². The number of carbonyl (C=O) groups excluding carboxylic acids is 1. The molecule has 1 N–H and O–H groups in total. The Labute approximate surface area is 163 Å². The van der Waals surface area contributed by atoms with Gasteiger partial charge < -0.3 is 14.8 Å². The molecule has 0 aliphatic heterocycles. The Morgan fingerprint density at radius 2 is 1.93 bits per heavy atom. The van der Waals surface area contributed by atoms with Crippen molar-refractivity contribution in [1.29, 1.82) is 5.26 Å². The average Bonchev–Trinajstić information content (AvgIpc) is 2.96. The molecule has 1 aromatic carbocycles. The van der Waals surface area contributed by atoms with Crippen LogP contribution in [-0.4, -0.2) is 29.2 Å². The molecule has 7 heteroatoms. The lowest BCUT2D eigenvalue weighted by Gasteiger charge is -2.13. The molecule has 2 heterocycles. The molecule has 0 saturated carbocycles. The van der Waals surface area contributed by atoms with Gasteiger partial charge in [-0.05, 0) is 55.8 Å². The second-order valence-corrected chi connectivity index (χ2v) is 6.10. The number of ether oxygens (including phenoxy) is 2. The largest absolute Gasteiger partial charge is 0.497 e. The predicted octanol–water partition coefficient (Wildman–Crippen LogP) is 3.39. The Morgan fingerprint density at radius 1 is 1.21 bits per heavy atom. The van der Waals surface area contributed by atoms with Gasteiger partial charge in [0.1, 0.15) is 23.4 Å². The van der Waals surface area contributed by atoms with Crippen molar-refractivity contribution in [3.05, 3.63) is 65.6 Å². The topological polar surface area (TPSA) is 89.2 Å². The first-order valence-electron chi connectivity index (χ1n) is 8.64. The van der Waals surface area contributed by atoms with Gasteiger partial charge in [0.15, 0.2) is 6.61 Å². The number of rotatable bonds is 6. The molecule has 0 aliphatic carbocycles. The monoisotopic (exact) mass is 376 g/mol. The Balaban J connectivity index is 1.82. The quantitative estimate of drug-likeness (QED) is 0.712. The SMILES string of the molecule is COc1ccc(OCC(=O)Nc2c(C#N)c(C)c(C)n2-c2cccnc2)cc1. The minimum absolute atomic E-state index is 0.187. The maximum absolute atomic E-state index is 12.5. The summed E-state index contributed by atoms with van der Waals surface area (Å²) in [6.45, 7) is 3.56. The van der Waals surface area contributed by atoms with E-state index in [0.29, 0.717) is 22.9 Å². The Hall–Kier alpha value is -3.79. The van der Waals surface area contributed by atoms with E-state index in [1.54, 1.807) is 49.8 Å². The van der Waals surface area contributed by atoms with Crippen LogP contribution in [0, 0.1) is 25.2 Å². The molecule has 0 unspecified atom stereocenters. The third-order valence-electron chi connectivity index (χ3n) is 4.42. The maximum Gasteiger partial charge on any atom is 0.263 e. The van der Waals surface area contributed by atoms with E-state index in [-0.39, 0.29) is 12.5 Å². The molecule has 7 nitrogen and oxygen atoms in total. The lowest BCUT2D eigenvalue weighted by molar-refractivity contribution is -0.118. The predicted molar refractivity (Wildman–Crippen MR) is 105 cm³/mol. The van der Waals surface area contributed by atoms with Crippen LogP contribution < -0.4 is 14.8 Å². The highest BCUT2D eigenvalue weighted by atomic mass is 16.5. The zero-order chi connectivity index (χ0) is 20.1. The number of methoxy groups -OCH3 is 1. The van der Waals surface area contributed by atoms with Crippen LogP contribution in [0.4, 0.5) is 5.82 Å². The van der Waals surface area contributed by atoms with Crippen LogP contribution in [0.1, 0.15) is 16.8 Å².